The highest BCUT2D eigenvalue weighted by atomic mass is 16.5. The van der Waals surface area contributed by atoms with Crippen LogP contribution < -0.4 is 0 Å². The average molecular weight is 288 g/mol. The third-order valence-electron chi connectivity index (χ3n) is 3.75. The second-order valence-corrected chi connectivity index (χ2v) is 5.68. The van der Waals surface area contributed by atoms with Gasteiger partial charge in [0, 0.05) is 26.2 Å². The Hall–Kier alpha value is -0.160. The molecule has 4 nitrogen and oxygen atoms in total. The highest BCUT2D eigenvalue weighted by Crippen LogP contribution is 2.10. The van der Waals surface area contributed by atoms with E-state index in [1.807, 2.05) is 6.92 Å². The molecular formula is C16H36N2O2. The number of rotatable bonds is 15. The lowest BCUT2D eigenvalue weighted by Gasteiger charge is -2.18. The van der Waals surface area contributed by atoms with Crippen molar-refractivity contribution in [2.75, 3.05) is 26.2 Å². The molecule has 0 aromatic rings. The number of hydrogen-bond acceptors (Lipinski definition) is 4. The van der Waals surface area contributed by atoms with Gasteiger partial charge < -0.3 is 10.4 Å². The van der Waals surface area contributed by atoms with Crippen LogP contribution in [-0.4, -0.2) is 46.7 Å². The van der Waals surface area contributed by atoms with Gasteiger partial charge in [-0.3, -0.25) is 0 Å². The van der Waals surface area contributed by atoms with Crippen molar-refractivity contribution < 1.29 is 10.4 Å². The first-order chi connectivity index (χ1) is 9.70. The van der Waals surface area contributed by atoms with Gasteiger partial charge in [0.2, 0.25) is 0 Å². The van der Waals surface area contributed by atoms with Crippen molar-refractivity contribution in [3.8, 4) is 0 Å². The summed E-state index contributed by atoms with van der Waals surface area (Å²) in [4.78, 5) is 0. The van der Waals surface area contributed by atoms with Crippen molar-refractivity contribution in [2.45, 2.75) is 78.1 Å². The Morgan fingerprint density at radius 1 is 0.550 bits per heavy atom. The van der Waals surface area contributed by atoms with Crippen molar-refractivity contribution in [1.82, 2.24) is 10.1 Å². The molecular weight excluding hydrogens is 252 g/mol. The molecule has 0 aromatic carbocycles. The SMILES string of the molecule is CCCCCCCCCCCCN(O)CCN(O)CC. The van der Waals surface area contributed by atoms with Gasteiger partial charge in [0.25, 0.3) is 0 Å². The maximum absolute atomic E-state index is 9.61. The van der Waals surface area contributed by atoms with Crippen LogP contribution >= 0.6 is 0 Å². The molecule has 0 spiro atoms. The van der Waals surface area contributed by atoms with Crippen LogP contribution in [0.4, 0.5) is 0 Å². The van der Waals surface area contributed by atoms with Crippen molar-refractivity contribution in [3.63, 3.8) is 0 Å². The third kappa shape index (κ3) is 14.3. The second-order valence-electron chi connectivity index (χ2n) is 5.68. The minimum atomic E-state index is 0.505. The van der Waals surface area contributed by atoms with Gasteiger partial charge in [-0.2, -0.15) is 10.1 Å². The summed E-state index contributed by atoms with van der Waals surface area (Å²) in [7, 11) is 0. The quantitative estimate of drug-likeness (QED) is 0.348. The molecule has 0 saturated carbocycles. The fourth-order valence-corrected chi connectivity index (χ4v) is 2.28. The lowest BCUT2D eigenvalue weighted by Crippen LogP contribution is -2.32. The van der Waals surface area contributed by atoms with Gasteiger partial charge in [0.05, 0.1) is 0 Å². The molecule has 20 heavy (non-hydrogen) atoms. The predicted molar refractivity (Wildman–Crippen MR) is 84.2 cm³/mol. The van der Waals surface area contributed by atoms with Crippen molar-refractivity contribution >= 4 is 0 Å². The van der Waals surface area contributed by atoms with Crippen LogP contribution in [0.5, 0.6) is 0 Å². The normalized spacial score (nSPS) is 11.7. The van der Waals surface area contributed by atoms with Crippen molar-refractivity contribution in [2.24, 2.45) is 0 Å². The van der Waals surface area contributed by atoms with Crippen LogP contribution in [0.3, 0.4) is 0 Å². The fraction of sp³-hybridized carbons (Fsp3) is 1.00. The van der Waals surface area contributed by atoms with Crippen LogP contribution in [0.2, 0.25) is 0 Å². The molecule has 0 aliphatic rings. The van der Waals surface area contributed by atoms with Crippen molar-refractivity contribution in [1.29, 1.82) is 0 Å². The highest BCUT2D eigenvalue weighted by molar-refractivity contribution is 4.51. The molecule has 4 heteroatoms. The molecule has 0 atom stereocenters. The van der Waals surface area contributed by atoms with Crippen LogP contribution in [-0.2, 0) is 0 Å². The summed E-state index contributed by atoms with van der Waals surface area (Å²) < 4.78 is 0. The van der Waals surface area contributed by atoms with E-state index < -0.39 is 0 Å². The van der Waals surface area contributed by atoms with Crippen LogP contribution in [0.25, 0.3) is 0 Å². The lowest BCUT2D eigenvalue weighted by molar-refractivity contribution is -0.136. The smallest absolute Gasteiger partial charge is 0.0389 e. The Balaban J connectivity index is 3.15. The minimum Gasteiger partial charge on any atom is -0.314 e. The predicted octanol–water partition coefficient (Wildman–Crippen LogP) is 4.31. The van der Waals surface area contributed by atoms with E-state index in [1.165, 1.54) is 67.9 Å². The van der Waals surface area contributed by atoms with Gasteiger partial charge in [0.15, 0.2) is 0 Å². The van der Waals surface area contributed by atoms with E-state index in [9.17, 15) is 10.4 Å². The number of likely N-dealkylation sites (N-methyl/N-ethyl adjacent to an activating group) is 1. The first-order valence-electron chi connectivity index (χ1n) is 8.58. The molecule has 0 bridgehead atoms. The number of hydroxylamine groups is 4. The fourth-order valence-electron chi connectivity index (χ4n) is 2.28. The Bertz CT molecular complexity index is 191. The monoisotopic (exact) mass is 288 g/mol. The summed E-state index contributed by atoms with van der Waals surface area (Å²) in [6.07, 6.45) is 13.1. The summed E-state index contributed by atoms with van der Waals surface area (Å²) in [6.45, 7) is 6.49. The van der Waals surface area contributed by atoms with Gasteiger partial charge in [0.1, 0.15) is 0 Å². The third-order valence-corrected chi connectivity index (χ3v) is 3.75. The number of unbranched alkanes of at least 4 members (excludes halogenated alkanes) is 9. The van der Waals surface area contributed by atoms with Gasteiger partial charge in [-0.15, -0.1) is 0 Å². The topological polar surface area (TPSA) is 46.9 Å². The molecule has 0 fully saturated rings. The zero-order chi connectivity index (χ0) is 15.1. The summed E-state index contributed by atoms with van der Waals surface area (Å²) >= 11 is 0. The van der Waals surface area contributed by atoms with Gasteiger partial charge in [-0.25, -0.2) is 0 Å². The molecule has 0 radical (unpaired) electrons. The number of nitrogens with zero attached hydrogens (tertiary/aromatic N) is 2. The summed E-state index contributed by atoms with van der Waals surface area (Å²) in [5, 5.41) is 21.4. The first kappa shape index (κ1) is 19.8. The molecule has 0 aromatic heterocycles. The first-order valence-corrected chi connectivity index (χ1v) is 8.58. The van der Waals surface area contributed by atoms with Gasteiger partial charge in [-0.05, 0) is 6.42 Å². The molecule has 0 rings (SSSR count). The molecule has 0 aliphatic heterocycles. The lowest BCUT2D eigenvalue weighted by atomic mass is 10.1. The Kier molecular flexibility index (Phi) is 15.1. The molecule has 122 valence electrons. The Morgan fingerprint density at radius 2 is 1.00 bits per heavy atom. The largest absolute Gasteiger partial charge is 0.314 e. The van der Waals surface area contributed by atoms with Crippen LogP contribution in [0.1, 0.15) is 78.1 Å². The molecule has 0 heterocycles. The second kappa shape index (κ2) is 15.2. The van der Waals surface area contributed by atoms with E-state index in [1.54, 1.807) is 0 Å². The standard InChI is InChI=1S/C16H36N2O2/c1-3-5-6-7-8-9-10-11-12-13-14-18(20)16-15-17(19)4-2/h19-20H,3-16H2,1-2H3. The molecule has 0 amide bonds. The molecule has 0 unspecified atom stereocenters. The zero-order valence-electron chi connectivity index (χ0n) is 13.7. The summed E-state index contributed by atoms with van der Waals surface area (Å²) in [6, 6.07) is 0. The van der Waals surface area contributed by atoms with E-state index in [2.05, 4.69) is 6.92 Å². The van der Waals surface area contributed by atoms with Gasteiger partial charge >= 0.3 is 0 Å². The maximum Gasteiger partial charge on any atom is 0.0389 e. The van der Waals surface area contributed by atoms with Crippen LogP contribution in [0, 0.1) is 0 Å². The minimum absolute atomic E-state index is 0.505. The average Bonchev–Trinajstić information content (AvgIpc) is 2.46. The zero-order valence-corrected chi connectivity index (χ0v) is 13.7. The summed E-state index contributed by atoms with van der Waals surface area (Å²) in [5.74, 6) is 0. The van der Waals surface area contributed by atoms with E-state index in [0.29, 0.717) is 26.2 Å². The Morgan fingerprint density at radius 3 is 1.50 bits per heavy atom. The van der Waals surface area contributed by atoms with E-state index in [0.717, 1.165) is 6.42 Å². The molecule has 0 saturated heterocycles. The van der Waals surface area contributed by atoms with E-state index >= 15 is 0 Å². The summed E-state index contributed by atoms with van der Waals surface area (Å²) in [5.41, 5.74) is 0. The highest BCUT2D eigenvalue weighted by Gasteiger charge is 2.03. The van der Waals surface area contributed by atoms with E-state index in [4.69, 9.17) is 0 Å². The Labute approximate surface area is 125 Å². The van der Waals surface area contributed by atoms with Crippen molar-refractivity contribution in [3.05, 3.63) is 0 Å². The maximum atomic E-state index is 9.61. The van der Waals surface area contributed by atoms with Gasteiger partial charge in [-0.1, -0.05) is 71.6 Å². The van der Waals surface area contributed by atoms with E-state index in [-0.39, 0.29) is 0 Å². The molecule has 2 N–H and O–H groups in total. The number of hydrogen-bond donors (Lipinski definition) is 2. The molecule has 0 aliphatic carbocycles. The van der Waals surface area contributed by atoms with Crippen LogP contribution in [0.15, 0.2) is 0 Å².